The van der Waals surface area contributed by atoms with Gasteiger partial charge in [0.05, 0.1) is 12.1 Å². The molecule has 0 fully saturated rings. The first-order valence-corrected chi connectivity index (χ1v) is 12.3. The van der Waals surface area contributed by atoms with Crippen molar-refractivity contribution in [2.75, 3.05) is 18.5 Å². The Morgan fingerprint density at radius 2 is 1.52 bits per heavy atom. The molecule has 0 saturated heterocycles. The summed E-state index contributed by atoms with van der Waals surface area (Å²) in [6, 6.07) is 5.76. The zero-order valence-electron chi connectivity index (χ0n) is 19.8. The summed E-state index contributed by atoms with van der Waals surface area (Å²) in [6.45, 7) is 5.81. The molecule has 0 amide bonds. The third-order valence-corrected chi connectivity index (χ3v) is 5.93. The van der Waals surface area contributed by atoms with Crippen LogP contribution in [-0.2, 0) is 7.05 Å². The van der Waals surface area contributed by atoms with Gasteiger partial charge in [-0.05, 0) is 31.0 Å². The van der Waals surface area contributed by atoms with Gasteiger partial charge in [-0.2, -0.15) is 0 Å². The summed E-state index contributed by atoms with van der Waals surface area (Å²) < 4.78 is 7.29. The second kappa shape index (κ2) is 14.0. The monoisotopic (exact) mass is 430 g/mol. The number of rotatable bonds is 16. The van der Waals surface area contributed by atoms with Crippen LogP contribution in [0.3, 0.4) is 0 Å². The molecule has 2 rings (SSSR count). The van der Waals surface area contributed by atoms with Gasteiger partial charge in [0.15, 0.2) is 5.75 Å². The fraction of sp³-hybridized carbons (Fsp3) is 0.654. The summed E-state index contributed by atoms with van der Waals surface area (Å²) in [6.07, 6.45) is 14.5. The van der Waals surface area contributed by atoms with Gasteiger partial charge in [0.25, 0.3) is 5.56 Å². The van der Waals surface area contributed by atoms with E-state index in [-0.39, 0.29) is 17.1 Å². The van der Waals surface area contributed by atoms with Crippen molar-refractivity contribution in [3.63, 3.8) is 0 Å². The van der Waals surface area contributed by atoms with Crippen LogP contribution in [-0.4, -0.2) is 22.8 Å². The predicted molar refractivity (Wildman–Crippen MR) is 132 cm³/mol. The highest BCUT2D eigenvalue weighted by molar-refractivity contribution is 5.89. The maximum absolute atomic E-state index is 12.8. The molecule has 0 aliphatic heterocycles. The fourth-order valence-corrected chi connectivity index (χ4v) is 3.93. The van der Waals surface area contributed by atoms with Gasteiger partial charge in [0, 0.05) is 24.7 Å². The summed E-state index contributed by atoms with van der Waals surface area (Å²) in [4.78, 5) is 12.8. The van der Waals surface area contributed by atoms with Crippen molar-refractivity contribution in [3.05, 3.63) is 28.6 Å². The molecule has 0 radical (unpaired) electrons. The van der Waals surface area contributed by atoms with Crippen LogP contribution in [0.15, 0.2) is 23.0 Å². The molecule has 1 heterocycles. The molecule has 0 aliphatic rings. The molecule has 2 aromatic rings. The average molecular weight is 431 g/mol. The first-order valence-electron chi connectivity index (χ1n) is 12.3. The van der Waals surface area contributed by atoms with E-state index in [0.717, 1.165) is 31.5 Å². The summed E-state index contributed by atoms with van der Waals surface area (Å²) in [5.41, 5.74) is 1.39. The summed E-state index contributed by atoms with van der Waals surface area (Å²) >= 11 is 0. The van der Waals surface area contributed by atoms with Gasteiger partial charge < -0.3 is 19.7 Å². The Hall–Kier alpha value is -2.17. The second-order valence-electron chi connectivity index (χ2n) is 8.58. The lowest BCUT2D eigenvalue weighted by atomic mass is 10.1. The van der Waals surface area contributed by atoms with E-state index in [4.69, 9.17) is 4.74 Å². The van der Waals surface area contributed by atoms with E-state index < -0.39 is 0 Å². The van der Waals surface area contributed by atoms with Crippen LogP contribution in [0.2, 0.25) is 0 Å². The van der Waals surface area contributed by atoms with Crippen molar-refractivity contribution >= 4 is 16.6 Å². The molecule has 5 heteroatoms. The topological polar surface area (TPSA) is 63.5 Å². The van der Waals surface area contributed by atoms with Crippen LogP contribution in [0.4, 0.5) is 5.69 Å². The van der Waals surface area contributed by atoms with Crippen LogP contribution < -0.4 is 15.6 Å². The molecule has 0 unspecified atom stereocenters. The molecule has 5 nitrogen and oxygen atoms in total. The molecule has 31 heavy (non-hydrogen) atoms. The largest absolute Gasteiger partial charge is 0.504 e. The number of aromatic hydroxyl groups is 1. The Morgan fingerprint density at radius 1 is 0.903 bits per heavy atom. The summed E-state index contributed by atoms with van der Waals surface area (Å²) in [7, 11) is 1.74. The van der Waals surface area contributed by atoms with Gasteiger partial charge in [0.1, 0.15) is 0 Å². The van der Waals surface area contributed by atoms with Crippen molar-refractivity contribution in [1.82, 2.24) is 4.57 Å². The minimum absolute atomic E-state index is 0.0495. The number of fused-ring (bicyclic) bond motifs is 1. The fourth-order valence-electron chi connectivity index (χ4n) is 3.93. The number of ether oxygens (including phenoxy) is 1. The average Bonchev–Trinajstić information content (AvgIpc) is 2.78. The van der Waals surface area contributed by atoms with E-state index in [2.05, 4.69) is 19.2 Å². The van der Waals surface area contributed by atoms with Crippen molar-refractivity contribution in [1.29, 1.82) is 0 Å². The van der Waals surface area contributed by atoms with Gasteiger partial charge in [-0.25, -0.2) is 0 Å². The molecular weight excluding hydrogens is 388 g/mol. The van der Waals surface area contributed by atoms with Crippen molar-refractivity contribution in [3.8, 4) is 11.5 Å². The lowest BCUT2D eigenvalue weighted by Gasteiger charge is -2.14. The molecular formula is C26H42N2O3. The Kier molecular flexibility index (Phi) is 11.3. The SMILES string of the molecule is CCCCCCCCNc1ccc2c(O)c(OCCCCCCCC)c(=O)n(C)c2c1. The maximum atomic E-state index is 12.8. The molecule has 0 saturated carbocycles. The molecule has 0 aliphatic carbocycles. The highest BCUT2D eigenvalue weighted by Crippen LogP contribution is 2.32. The van der Waals surface area contributed by atoms with Gasteiger partial charge in [-0.15, -0.1) is 0 Å². The number of hydrogen-bond donors (Lipinski definition) is 2. The van der Waals surface area contributed by atoms with Crippen LogP contribution >= 0.6 is 0 Å². The molecule has 0 bridgehead atoms. The first kappa shape index (κ1) is 25.1. The molecule has 0 atom stereocenters. The van der Waals surface area contributed by atoms with Gasteiger partial charge in [0.2, 0.25) is 5.75 Å². The van der Waals surface area contributed by atoms with Crippen LogP contribution in [0.5, 0.6) is 11.5 Å². The molecule has 174 valence electrons. The number of benzene rings is 1. The Balaban J connectivity index is 1.95. The first-order chi connectivity index (χ1) is 15.1. The quantitative estimate of drug-likeness (QED) is 0.289. The smallest absolute Gasteiger partial charge is 0.297 e. The van der Waals surface area contributed by atoms with E-state index in [1.807, 2.05) is 18.2 Å². The highest BCUT2D eigenvalue weighted by atomic mass is 16.5. The van der Waals surface area contributed by atoms with E-state index in [1.165, 1.54) is 57.8 Å². The standard InChI is InChI=1S/C26H42N2O3/c1-4-6-8-10-12-14-18-27-21-16-17-22-23(20-21)28(3)26(30)25(24(22)29)31-19-15-13-11-9-7-5-2/h16-17,20,27,29H,4-15,18-19H2,1-3H3. The lowest BCUT2D eigenvalue weighted by molar-refractivity contribution is 0.284. The zero-order chi connectivity index (χ0) is 22.5. The number of aromatic nitrogens is 1. The van der Waals surface area contributed by atoms with Gasteiger partial charge in [-0.3, -0.25) is 4.79 Å². The third kappa shape index (κ3) is 7.79. The number of nitrogens with one attached hydrogen (secondary N) is 1. The number of anilines is 1. The number of nitrogens with zero attached hydrogens (tertiary/aromatic N) is 1. The van der Waals surface area contributed by atoms with Crippen LogP contribution in [0, 0.1) is 0 Å². The van der Waals surface area contributed by atoms with E-state index in [9.17, 15) is 9.90 Å². The minimum Gasteiger partial charge on any atom is -0.504 e. The number of pyridine rings is 1. The Morgan fingerprint density at radius 3 is 2.19 bits per heavy atom. The van der Waals surface area contributed by atoms with Gasteiger partial charge in [-0.1, -0.05) is 78.1 Å². The van der Waals surface area contributed by atoms with Crippen LogP contribution in [0.1, 0.15) is 90.9 Å². The van der Waals surface area contributed by atoms with Crippen molar-refractivity contribution < 1.29 is 9.84 Å². The molecule has 1 aromatic heterocycles. The van der Waals surface area contributed by atoms with E-state index in [0.29, 0.717) is 17.5 Å². The Bertz CT molecular complexity index is 845. The van der Waals surface area contributed by atoms with Crippen molar-refractivity contribution in [2.24, 2.45) is 7.05 Å². The van der Waals surface area contributed by atoms with E-state index >= 15 is 0 Å². The zero-order valence-corrected chi connectivity index (χ0v) is 19.8. The summed E-state index contributed by atoms with van der Waals surface area (Å²) in [5.74, 6) is 0.0166. The number of hydrogen-bond acceptors (Lipinski definition) is 4. The maximum Gasteiger partial charge on any atom is 0.297 e. The molecule has 0 spiro atoms. The molecule has 2 N–H and O–H groups in total. The molecule has 1 aromatic carbocycles. The predicted octanol–water partition coefficient (Wildman–Crippen LogP) is 6.76. The minimum atomic E-state index is -0.288. The van der Waals surface area contributed by atoms with Gasteiger partial charge >= 0.3 is 0 Å². The normalized spacial score (nSPS) is 11.2. The highest BCUT2D eigenvalue weighted by Gasteiger charge is 2.16. The Labute approximate surface area is 187 Å². The lowest BCUT2D eigenvalue weighted by Crippen LogP contribution is -2.20. The third-order valence-electron chi connectivity index (χ3n) is 5.93. The number of aryl methyl sites for hydroxylation is 1. The van der Waals surface area contributed by atoms with Crippen LogP contribution in [0.25, 0.3) is 10.9 Å². The van der Waals surface area contributed by atoms with E-state index in [1.54, 1.807) is 11.6 Å². The van der Waals surface area contributed by atoms with Crippen molar-refractivity contribution in [2.45, 2.75) is 90.9 Å². The summed E-state index contributed by atoms with van der Waals surface area (Å²) in [5, 5.41) is 14.8. The number of unbranched alkanes of at least 4 members (excludes halogenated alkanes) is 10. The second-order valence-corrected chi connectivity index (χ2v) is 8.58.